The summed E-state index contributed by atoms with van der Waals surface area (Å²) in [5, 5.41) is -0.844. The number of carbonyl (C=O) groups is 2. The lowest BCUT2D eigenvalue weighted by atomic mass is 9.59. The maximum absolute atomic E-state index is 11.5. The van der Waals surface area contributed by atoms with E-state index in [1.165, 1.54) is 36.8 Å². The van der Waals surface area contributed by atoms with Gasteiger partial charge in [-0.2, -0.15) is 0 Å². The van der Waals surface area contributed by atoms with Gasteiger partial charge in [0.2, 0.25) is 0 Å². The molecule has 0 aromatic heterocycles. The Morgan fingerprint density at radius 3 is 1.79 bits per heavy atom. The third-order valence-corrected chi connectivity index (χ3v) is 8.21. The van der Waals surface area contributed by atoms with Crippen molar-refractivity contribution in [1.29, 1.82) is 0 Å². The Morgan fingerprint density at radius 2 is 1.29 bits per heavy atom. The summed E-state index contributed by atoms with van der Waals surface area (Å²) in [6.45, 7) is 0. The number of rotatable bonds is 4. The summed E-state index contributed by atoms with van der Waals surface area (Å²) in [5.74, 6) is 3.04. The zero-order valence-corrected chi connectivity index (χ0v) is 17.0. The van der Waals surface area contributed by atoms with Gasteiger partial charge in [0.25, 0.3) is 10.5 Å². The number of halogens is 2. The summed E-state index contributed by atoms with van der Waals surface area (Å²) in [5.41, 5.74) is 3.53. The first-order valence-electron chi connectivity index (χ1n) is 10.1. The van der Waals surface area contributed by atoms with Crippen LogP contribution in [0.25, 0.3) is 0 Å². The zero-order valence-electron chi connectivity index (χ0n) is 15.5. The van der Waals surface area contributed by atoms with E-state index in [2.05, 4.69) is 24.3 Å². The molecule has 3 aliphatic rings. The molecule has 2 aromatic carbocycles. The van der Waals surface area contributed by atoms with Crippen LogP contribution in [-0.4, -0.2) is 10.5 Å². The number of hydrogen-bond acceptors (Lipinski definition) is 2. The SMILES string of the molecule is O=C(Cl)c1ccc(C2(c3ccc(C(=O)Cl)cc3)CC3CC2C2CCCC32)cc1. The van der Waals surface area contributed by atoms with Gasteiger partial charge in [-0.05, 0) is 108 Å². The van der Waals surface area contributed by atoms with Crippen LogP contribution in [0.15, 0.2) is 48.5 Å². The predicted octanol–water partition coefficient (Wildman–Crippen LogP) is 6.19. The van der Waals surface area contributed by atoms with Crippen molar-refractivity contribution in [3.05, 3.63) is 70.8 Å². The van der Waals surface area contributed by atoms with Crippen molar-refractivity contribution in [2.24, 2.45) is 23.7 Å². The molecule has 0 saturated heterocycles. The van der Waals surface area contributed by atoms with Gasteiger partial charge in [0.05, 0.1) is 0 Å². The first-order valence-corrected chi connectivity index (χ1v) is 10.9. The number of hydrogen-bond donors (Lipinski definition) is 0. The molecule has 4 heteroatoms. The zero-order chi connectivity index (χ0) is 19.5. The fourth-order valence-corrected chi connectivity index (χ4v) is 7.02. The summed E-state index contributed by atoms with van der Waals surface area (Å²) in [7, 11) is 0. The van der Waals surface area contributed by atoms with Gasteiger partial charge in [-0.25, -0.2) is 0 Å². The van der Waals surface area contributed by atoms with Gasteiger partial charge in [0, 0.05) is 16.5 Å². The largest absolute Gasteiger partial charge is 0.276 e. The quantitative estimate of drug-likeness (QED) is 0.561. The van der Waals surface area contributed by atoms with E-state index in [-0.39, 0.29) is 5.41 Å². The molecule has 0 N–H and O–H groups in total. The van der Waals surface area contributed by atoms with E-state index in [0.29, 0.717) is 17.0 Å². The summed E-state index contributed by atoms with van der Waals surface area (Å²) in [6, 6.07) is 15.7. The summed E-state index contributed by atoms with van der Waals surface area (Å²) < 4.78 is 0. The fourth-order valence-electron chi connectivity index (χ4n) is 6.77. The molecule has 0 spiro atoms. The van der Waals surface area contributed by atoms with Crippen molar-refractivity contribution < 1.29 is 9.59 Å². The average Bonchev–Trinajstić information content (AvgIpc) is 3.40. The topological polar surface area (TPSA) is 34.1 Å². The molecule has 3 aliphatic carbocycles. The molecule has 0 aliphatic heterocycles. The Hall–Kier alpha value is -1.64. The highest BCUT2D eigenvalue weighted by atomic mass is 35.5. The Morgan fingerprint density at radius 1 is 0.786 bits per heavy atom. The van der Waals surface area contributed by atoms with Crippen molar-refractivity contribution in [2.75, 3.05) is 0 Å². The monoisotopic (exact) mass is 412 g/mol. The van der Waals surface area contributed by atoms with E-state index in [1.54, 1.807) is 0 Å². The van der Waals surface area contributed by atoms with Crippen LogP contribution in [0.3, 0.4) is 0 Å². The fraction of sp³-hybridized carbons (Fsp3) is 0.417. The van der Waals surface area contributed by atoms with Gasteiger partial charge in [0.15, 0.2) is 0 Å². The van der Waals surface area contributed by atoms with Crippen LogP contribution in [0.5, 0.6) is 0 Å². The lowest BCUT2D eigenvalue weighted by Crippen LogP contribution is -2.40. The Bertz CT molecular complexity index is 875. The van der Waals surface area contributed by atoms with Crippen LogP contribution in [0.2, 0.25) is 0 Å². The molecule has 3 fully saturated rings. The second-order valence-electron chi connectivity index (χ2n) is 8.74. The summed E-state index contributed by atoms with van der Waals surface area (Å²) >= 11 is 11.3. The van der Waals surface area contributed by atoms with E-state index in [4.69, 9.17) is 23.2 Å². The lowest BCUT2D eigenvalue weighted by Gasteiger charge is -2.44. The molecule has 5 rings (SSSR count). The normalized spacial score (nSPS) is 29.6. The van der Waals surface area contributed by atoms with Crippen molar-refractivity contribution in [3.63, 3.8) is 0 Å². The van der Waals surface area contributed by atoms with E-state index in [0.717, 1.165) is 24.2 Å². The first-order chi connectivity index (χ1) is 13.5. The highest BCUT2D eigenvalue weighted by Gasteiger charge is 2.61. The van der Waals surface area contributed by atoms with Gasteiger partial charge < -0.3 is 0 Å². The van der Waals surface area contributed by atoms with Crippen LogP contribution < -0.4 is 0 Å². The predicted molar refractivity (Wildman–Crippen MR) is 111 cm³/mol. The molecule has 4 unspecified atom stereocenters. The van der Waals surface area contributed by atoms with E-state index in [9.17, 15) is 9.59 Å². The Kier molecular flexibility index (Phi) is 4.41. The van der Waals surface area contributed by atoms with Gasteiger partial charge in [-0.3, -0.25) is 9.59 Å². The van der Waals surface area contributed by atoms with Gasteiger partial charge >= 0.3 is 0 Å². The molecular weight excluding hydrogens is 391 g/mol. The van der Waals surface area contributed by atoms with Crippen LogP contribution in [-0.2, 0) is 5.41 Å². The van der Waals surface area contributed by atoms with E-state index >= 15 is 0 Å². The average molecular weight is 413 g/mol. The number of benzene rings is 2. The highest BCUT2D eigenvalue weighted by molar-refractivity contribution is 6.68. The van der Waals surface area contributed by atoms with Crippen LogP contribution in [0, 0.1) is 23.7 Å². The molecule has 0 amide bonds. The van der Waals surface area contributed by atoms with Gasteiger partial charge in [-0.1, -0.05) is 30.7 Å². The summed E-state index contributed by atoms with van der Waals surface area (Å²) in [4.78, 5) is 23.1. The molecule has 3 saturated carbocycles. The third kappa shape index (κ3) is 2.61. The maximum atomic E-state index is 11.5. The molecule has 4 atom stereocenters. The van der Waals surface area contributed by atoms with Crippen LogP contribution in [0.1, 0.15) is 63.9 Å². The Labute approximate surface area is 175 Å². The highest BCUT2D eigenvalue weighted by Crippen LogP contribution is 2.67. The van der Waals surface area contributed by atoms with Gasteiger partial charge in [-0.15, -0.1) is 0 Å². The molecule has 0 heterocycles. The van der Waals surface area contributed by atoms with E-state index in [1.807, 2.05) is 24.3 Å². The summed E-state index contributed by atoms with van der Waals surface area (Å²) in [6.07, 6.45) is 6.46. The van der Waals surface area contributed by atoms with Crippen molar-refractivity contribution in [3.8, 4) is 0 Å². The molecule has 28 heavy (non-hydrogen) atoms. The smallest absolute Gasteiger partial charge is 0.252 e. The molecule has 2 nitrogen and oxygen atoms in total. The first kappa shape index (κ1) is 18.4. The minimum atomic E-state index is -0.422. The molecule has 144 valence electrons. The number of fused-ring (bicyclic) bond motifs is 5. The molecule has 0 radical (unpaired) electrons. The standard InChI is InChI=1S/C24H22Cl2O2/c25-22(27)14-4-8-17(9-5-14)24(18-10-6-15(7-11-18)23(26)28)13-16-12-21(24)20-3-1-2-19(16)20/h4-11,16,19-21H,1-3,12-13H2. The van der Waals surface area contributed by atoms with Crippen molar-refractivity contribution in [2.45, 2.75) is 37.5 Å². The molecule has 2 bridgehead atoms. The minimum absolute atomic E-state index is 0.0576. The van der Waals surface area contributed by atoms with Crippen molar-refractivity contribution >= 4 is 33.7 Å². The lowest BCUT2D eigenvalue weighted by molar-refractivity contribution is 0.107. The number of carbonyl (C=O) groups excluding carboxylic acids is 2. The Balaban J connectivity index is 1.63. The van der Waals surface area contributed by atoms with Gasteiger partial charge in [0.1, 0.15) is 0 Å². The second-order valence-corrected chi connectivity index (χ2v) is 9.43. The van der Waals surface area contributed by atoms with Crippen LogP contribution in [0.4, 0.5) is 0 Å². The molecular formula is C24H22Cl2O2. The van der Waals surface area contributed by atoms with Crippen LogP contribution >= 0.6 is 23.2 Å². The third-order valence-electron chi connectivity index (χ3n) is 7.77. The molecule has 2 aromatic rings. The maximum Gasteiger partial charge on any atom is 0.252 e. The van der Waals surface area contributed by atoms with E-state index < -0.39 is 10.5 Å². The minimum Gasteiger partial charge on any atom is -0.276 e. The van der Waals surface area contributed by atoms with Crippen molar-refractivity contribution in [1.82, 2.24) is 0 Å². The second kappa shape index (κ2) is 6.71.